The first-order valence-corrected chi connectivity index (χ1v) is 6.93. The van der Waals surface area contributed by atoms with Crippen molar-refractivity contribution >= 4 is 5.69 Å². The third kappa shape index (κ3) is 3.85. The molecule has 0 spiro atoms. The zero-order chi connectivity index (χ0) is 14.6. The smallest absolute Gasteiger partial charge is 0.123 e. The van der Waals surface area contributed by atoms with E-state index in [2.05, 4.69) is 4.90 Å². The highest BCUT2D eigenvalue weighted by Gasteiger charge is 2.31. The summed E-state index contributed by atoms with van der Waals surface area (Å²) in [5.74, 6) is 0.824. The van der Waals surface area contributed by atoms with Crippen LogP contribution in [0.4, 0.5) is 5.69 Å². The number of nitrogens with zero attached hydrogens (tertiary/aromatic N) is 1. The maximum atomic E-state index is 10.5. The van der Waals surface area contributed by atoms with Crippen molar-refractivity contribution in [1.29, 1.82) is 0 Å². The van der Waals surface area contributed by atoms with Gasteiger partial charge in [0.1, 0.15) is 5.75 Å². The number of rotatable bonds is 5. The monoisotopic (exact) mass is 280 g/mol. The lowest BCUT2D eigenvalue weighted by atomic mass is 9.94. The van der Waals surface area contributed by atoms with Gasteiger partial charge in [-0.15, -0.1) is 0 Å². The van der Waals surface area contributed by atoms with Crippen LogP contribution in [0.15, 0.2) is 18.2 Å². The normalized spacial score (nSPS) is 18.2. The Hall–Kier alpha value is -1.30. The Labute approximate surface area is 120 Å². The predicted octanol–water partition coefficient (Wildman–Crippen LogP) is 1.25. The number of likely N-dealkylation sites (N-methyl/N-ethyl adjacent to an activating group) is 1. The molecule has 1 saturated heterocycles. The SMILES string of the molecule is COc1ccc(N)cc1CN(C)CC1(O)CCOCC1. The van der Waals surface area contributed by atoms with Crippen molar-refractivity contribution in [1.82, 2.24) is 4.90 Å². The lowest BCUT2D eigenvalue weighted by molar-refractivity contribution is -0.0777. The van der Waals surface area contributed by atoms with E-state index < -0.39 is 5.60 Å². The summed E-state index contributed by atoms with van der Waals surface area (Å²) in [6, 6.07) is 5.62. The minimum absolute atomic E-state index is 0.619. The van der Waals surface area contributed by atoms with E-state index >= 15 is 0 Å². The van der Waals surface area contributed by atoms with E-state index in [-0.39, 0.29) is 0 Å². The van der Waals surface area contributed by atoms with Gasteiger partial charge in [0.25, 0.3) is 0 Å². The molecule has 1 aliphatic rings. The number of nitrogens with two attached hydrogens (primary N) is 1. The number of methoxy groups -OCH3 is 1. The molecule has 1 aromatic carbocycles. The van der Waals surface area contributed by atoms with Crippen LogP contribution in [0.1, 0.15) is 18.4 Å². The number of aliphatic hydroxyl groups is 1. The van der Waals surface area contributed by atoms with Crippen LogP contribution in [0.2, 0.25) is 0 Å². The van der Waals surface area contributed by atoms with Crippen LogP contribution in [0.5, 0.6) is 5.75 Å². The fourth-order valence-electron chi connectivity index (χ4n) is 2.68. The molecule has 2 rings (SSSR count). The Bertz CT molecular complexity index is 445. The summed E-state index contributed by atoms with van der Waals surface area (Å²) in [5, 5.41) is 10.5. The Morgan fingerprint density at radius 3 is 2.75 bits per heavy atom. The van der Waals surface area contributed by atoms with Gasteiger partial charge in [-0.3, -0.25) is 4.90 Å². The summed E-state index contributed by atoms with van der Waals surface area (Å²) in [6.45, 7) is 2.57. The lowest BCUT2D eigenvalue weighted by Gasteiger charge is -2.35. The second-order valence-corrected chi connectivity index (χ2v) is 5.58. The maximum absolute atomic E-state index is 10.5. The number of hydrogen-bond donors (Lipinski definition) is 2. The minimum Gasteiger partial charge on any atom is -0.496 e. The van der Waals surface area contributed by atoms with Crippen molar-refractivity contribution in [3.05, 3.63) is 23.8 Å². The second-order valence-electron chi connectivity index (χ2n) is 5.58. The number of hydrogen-bond acceptors (Lipinski definition) is 5. The van der Waals surface area contributed by atoms with Gasteiger partial charge in [0, 0.05) is 50.4 Å². The van der Waals surface area contributed by atoms with Crippen molar-refractivity contribution < 1.29 is 14.6 Å². The molecule has 0 aromatic heterocycles. The van der Waals surface area contributed by atoms with Crippen molar-refractivity contribution in [3.63, 3.8) is 0 Å². The van der Waals surface area contributed by atoms with Crippen molar-refractivity contribution in [2.75, 3.05) is 39.6 Å². The quantitative estimate of drug-likeness (QED) is 0.795. The van der Waals surface area contributed by atoms with Crippen LogP contribution in [0.3, 0.4) is 0 Å². The van der Waals surface area contributed by atoms with E-state index in [1.165, 1.54) is 0 Å². The highest BCUT2D eigenvalue weighted by Crippen LogP contribution is 2.25. The van der Waals surface area contributed by atoms with Gasteiger partial charge in [-0.2, -0.15) is 0 Å². The lowest BCUT2D eigenvalue weighted by Crippen LogP contribution is -2.45. The Balaban J connectivity index is 2.00. The first-order valence-electron chi connectivity index (χ1n) is 6.93. The summed E-state index contributed by atoms with van der Waals surface area (Å²) in [6.07, 6.45) is 1.37. The third-order valence-electron chi connectivity index (χ3n) is 3.73. The molecular weight excluding hydrogens is 256 g/mol. The molecule has 0 radical (unpaired) electrons. The summed E-state index contributed by atoms with van der Waals surface area (Å²) in [5.41, 5.74) is 6.93. The molecule has 1 fully saturated rings. The first kappa shape index (κ1) is 15.1. The molecule has 0 unspecified atom stereocenters. The third-order valence-corrected chi connectivity index (χ3v) is 3.73. The highest BCUT2D eigenvalue weighted by molar-refractivity contribution is 5.47. The molecule has 0 atom stereocenters. The molecule has 1 aliphatic heterocycles. The molecule has 0 amide bonds. The van der Waals surface area contributed by atoms with Crippen LogP contribution in [-0.2, 0) is 11.3 Å². The zero-order valence-corrected chi connectivity index (χ0v) is 12.3. The summed E-state index contributed by atoms with van der Waals surface area (Å²) >= 11 is 0. The molecule has 1 heterocycles. The largest absolute Gasteiger partial charge is 0.496 e. The summed E-state index contributed by atoms with van der Waals surface area (Å²) in [4.78, 5) is 2.10. The number of ether oxygens (including phenoxy) is 2. The van der Waals surface area contributed by atoms with Gasteiger partial charge in [0.2, 0.25) is 0 Å². The van der Waals surface area contributed by atoms with Crippen LogP contribution in [-0.4, -0.2) is 49.5 Å². The van der Waals surface area contributed by atoms with Crippen molar-refractivity contribution in [3.8, 4) is 5.75 Å². The Morgan fingerprint density at radius 2 is 2.10 bits per heavy atom. The Kier molecular flexibility index (Phi) is 4.86. The summed E-state index contributed by atoms with van der Waals surface area (Å²) in [7, 11) is 3.65. The van der Waals surface area contributed by atoms with Gasteiger partial charge in [-0.05, 0) is 25.2 Å². The topological polar surface area (TPSA) is 68.0 Å². The van der Waals surface area contributed by atoms with E-state index in [0.29, 0.717) is 39.1 Å². The van der Waals surface area contributed by atoms with Crippen LogP contribution < -0.4 is 10.5 Å². The molecule has 0 aliphatic carbocycles. The fraction of sp³-hybridized carbons (Fsp3) is 0.600. The standard InChI is InChI=1S/C15H24N2O3/c1-17(11-15(18)5-7-20-8-6-15)10-12-9-13(16)3-4-14(12)19-2/h3-4,9,18H,5-8,10-11,16H2,1-2H3. The average molecular weight is 280 g/mol. The zero-order valence-electron chi connectivity index (χ0n) is 12.3. The van der Waals surface area contributed by atoms with Gasteiger partial charge < -0.3 is 20.3 Å². The number of nitrogen functional groups attached to an aromatic ring is 1. The molecule has 3 N–H and O–H groups in total. The molecule has 5 heteroatoms. The first-order chi connectivity index (χ1) is 9.52. The average Bonchev–Trinajstić information content (AvgIpc) is 2.39. The van der Waals surface area contributed by atoms with Crippen LogP contribution >= 0.6 is 0 Å². The van der Waals surface area contributed by atoms with Crippen molar-refractivity contribution in [2.45, 2.75) is 25.0 Å². The van der Waals surface area contributed by atoms with Gasteiger partial charge in [-0.1, -0.05) is 0 Å². The summed E-state index contributed by atoms with van der Waals surface area (Å²) < 4.78 is 10.7. The van der Waals surface area contributed by atoms with Crippen LogP contribution in [0, 0.1) is 0 Å². The molecule has 1 aromatic rings. The molecule has 0 saturated carbocycles. The molecular formula is C15H24N2O3. The second kappa shape index (κ2) is 6.43. The fourth-order valence-corrected chi connectivity index (χ4v) is 2.68. The van der Waals surface area contributed by atoms with E-state index in [1.54, 1.807) is 7.11 Å². The molecule has 112 valence electrons. The van der Waals surface area contributed by atoms with E-state index in [4.69, 9.17) is 15.2 Å². The predicted molar refractivity (Wildman–Crippen MR) is 78.7 cm³/mol. The van der Waals surface area contributed by atoms with E-state index in [0.717, 1.165) is 17.0 Å². The van der Waals surface area contributed by atoms with E-state index in [9.17, 15) is 5.11 Å². The van der Waals surface area contributed by atoms with Crippen LogP contribution in [0.25, 0.3) is 0 Å². The molecule has 5 nitrogen and oxygen atoms in total. The number of anilines is 1. The van der Waals surface area contributed by atoms with Crippen molar-refractivity contribution in [2.24, 2.45) is 0 Å². The number of benzene rings is 1. The van der Waals surface area contributed by atoms with E-state index in [1.807, 2.05) is 25.2 Å². The van der Waals surface area contributed by atoms with Gasteiger partial charge in [0.15, 0.2) is 0 Å². The van der Waals surface area contributed by atoms with Gasteiger partial charge >= 0.3 is 0 Å². The molecule has 0 bridgehead atoms. The minimum atomic E-state index is -0.652. The maximum Gasteiger partial charge on any atom is 0.123 e. The van der Waals surface area contributed by atoms with Gasteiger partial charge in [-0.25, -0.2) is 0 Å². The Morgan fingerprint density at radius 1 is 1.40 bits per heavy atom. The highest BCUT2D eigenvalue weighted by atomic mass is 16.5. The molecule has 20 heavy (non-hydrogen) atoms. The van der Waals surface area contributed by atoms with Gasteiger partial charge in [0.05, 0.1) is 12.7 Å².